The van der Waals surface area contributed by atoms with Crippen molar-refractivity contribution in [2.75, 3.05) is 13.1 Å². The molecule has 0 aliphatic carbocycles. The highest BCUT2D eigenvalue weighted by molar-refractivity contribution is 5.68. The van der Waals surface area contributed by atoms with Crippen LogP contribution in [0.2, 0.25) is 0 Å². The number of piperidine rings is 1. The van der Waals surface area contributed by atoms with E-state index < -0.39 is 35.6 Å². The molecule has 2 unspecified atom stereocenters. The molecule has 0 aromatic heterocycles. The number of ether oxygens (including phenoxy) is 3. The van der Waals surface area contributed by atoms with Crippen LogP contribution in [0.25, 0.3) is 0 Å². The Kier molecular flexibility index (Phi) is 6.85. The minimum atomic E-state index is -4.44. The maximum Gasteiger partial charge on any atom is 0.416 e. The number of benzene rings is 1. The fraction of sp³-hybridized carbons (Fsp3) is 0.650. The predicted molar refractivity (Wildman–Crippen MR) is 98.3 cm³/mol. The Balaban J connectivity index is 2.11. The summed E-state index contributed by atoms with van der Waals surface area (Å²) in [6.45, 7) is 9.69. The van der Waals surface area contributed by atoms with Crippen molar-refractivity contribution < 1.29 is 32.2 Å². The molecule has 1 aliphatic heterocycles. The normalized spacial score (nSPS) is 21.0. The molecule has 8 heteroatoms. The van der Waals surface area contributed by atoms with Crippen LogP contribution in [0.5, 0.6) is 5.75 Å². The second-order valence-corrected chi connectivity index (χ2v) is 8.12. The number of carbonyl (C=O) groups excluding carboxylic acids is 1. The number of amides is 1. The zero-order chi connectivity index (χ0) is 21.1. The summed E-state index contributed by atoms with van der Waals surface area (Å²) in [6, 6.07) is 4.78. The molecule has 1 amide bonds. The minimum absolute atomic E-state index is 0.128. The molecule has 28 heavy (non-hydrogen) atoms. The third-order valence-electron chi connectivity index (χ3n) is 4.05. The number of nitrogens with zero attached hydrogens (tertiary/aromatic N) is 1. The van der Waals surface area contributed by atoms with E-state index >= 15 is 0 Å². The summed E-state index contributed by atoms with van der Waals surface area (Å²) in [5.74, 6) is 0.128. The van der Waals surface area contributed by atoms with Gasteiger partial charge in [0.25, 0.3) is 0 Å². The number of rotatable bonds is 4. The van der Waals surface area contributed by atoms with E-state index in [1.807, 2.05) is 13.8 Å². The van der Waals surface area contributed by atoms with E-state index in [1.165, 1.54) is 12.1 Å². The standard InChI is InChI=1S/C20H28F3NO4/c1-13(2)26-17-12-24(18(25)28-19(3,4)5)10-9-16(17)27-15-8-6-7-14(11-15)20(21,22)23/h6-8,11,13,16-17H,9-10,12H2,1-5H3. The second-order valence-electron chi connectivity index (χ2n) is 8.12. The predicted octanol–water partition coefficient (Wildman–Crippen LogP) is 4.89. The molecular weight excluding hydrogens is 375 g/mol. The molecule has 1 aromatic rings. The maximum absolute atomic E-state index is 12.9. The fourth-order valence-corrected chi connectivity index (χ4v) is 2.92. The van der Waals surface area contributed by atoms with E-state index in [1.54, 1.807) is 25.7 Å². The largest absolute Gasteiger partial charge is 0.488 e. The van der Waals surface area contributed by atoms with Crippen molar-refractivity contribution in [1.82, 2.24) is 4.90 Å². The Morgan fingerprint density at radius 2 is 1.86 bits per heavy atom. The van der Waals surface area contributed by atoms with Gasteiger partial charge in [0.15, 0.2) is 0 Å². The second kappa shape index (κ2) is 8.59. The average molecular weight is 403 g/mol. The number of hydrogen-bond acceptors (Lipinski definition) is 4. The van der Waals surface area contributed by atoms with Crippen molar-refractivity contribution in [3.63, 3.8) is 0 Å². The highest BCUT2D eigenvalue weighted by Crippen LogP contribution is 2.32. The molecule has 0 radical (unpaired) electrons. The summed E-state index contributed by atoms with van der Waals surface area (Å²) in [5.41, 5.74) is -1.38. The van der Waals surface area contributed by atoms with Crippen LogP contribution in [0.4, 0.5) is 18.0 Å². The van der Waals surface area contributed by atoms with Crippen LogP contribution in [-0.4, -0.2) is 48.0 Å². The topological polar surface area (TPSA) is 48.0 Å². The summed E-state index contributed by atoms with van der Waals surface area (Å²) >= 11 is 0. The molecule has 1 aliphatic rings. The summed E-state index contributed by atoms with van der Waals surface area (Å²) < 4.78 is 55.9. The molecule has 0 saturated carbocycles. The number of halogens is 3. The zero-order valence-electron chi connectivity index (χ0n) is 16.9. The fourth-order valence-electron chi connectivity index (χ4n) is 2.92. The van der Waals surface area contributed by atoms with Crippen LogP contribution in [-0.2, 0) is 15.7 Å². The summed E-state index contributed by atoms with van der Waals surface area (Å²) in [7, 11) is 0. The Labute approximate surface area is 163 Å². The van der Waals surface area contributed by atoms with Crippen molar-refractivity contribution in [3.05, 3.63) is 29.8 Å². The van der Waals surface area contributed by atoms with E-state index in [9.17, 15) is 18.0 Å². The maximum atomic E-state index is 12.9. The van der Waals surface area contributed by atoms with E-state index in [0.717, 1.165) is 12.1 Å². The molecule has 2 rings (SSSR count). The molecule has 1 aromatic carbocycles. The van der Waals surface area contributed by atoms with E-state index in [-0.39, 0.29) is 18.4 Å². The van der Waals surface area contributed by atoms with Gasteiger partial charge in [0, 0.05) is 13.0 Å². The minimum Gasteiger partial charge on any atom is -0.488 e. The highest BCUT2D eigenvalue weighted by atomic mass is 19.4. The van der Waals surface area contributed by atoms with Gasteiger partial charge in [-0.2, -0.15) is 13.2 Å². The van der Waals surface area contributed by atoms with Gasteiger partial charge in [-0.15, -0.1) is 0 Å². The quantitative estimate of drug-likeness (QED) is 0.718. The van der Waals surface area contributed by atoms with E-state index in [2.05, 4.69) is 0 Å². The van der Waals surface area contributed by atoms with Gasteiger partial charge >= 0.3 is 12.3 Å². The lowest BCUT2D eigenvalue weighted by atomic mass is 10.0. The molecule has 1 fully saturated rings. The van der Waals surface area contributed by atoms with Gasteiger partial charge in [0.1, 0.15) is 23.6 Å². The summed E-state index contributed by atoms with van der Waals surface area (Å²) in [4.78, 5) is 13.9. The lowest BCUT2D eigenvalue weighted by molar-refractivity contribution is -0.137. The molecule has 5 nitrogen and oxygen atoms in total. The van der Waals surface area contributed by atoms with Crippen LogP contribution in [0.3, 0.4) is 0 Å². The van der Waals surface area contributed by atoms with Gasteiger partial charge in [-0.25, -0.2) is 4.79 Å². The molecule has 158 valence electrons. The molecule has 1 saturated heterocycles. The van der Waals surface area contributed by atoms with Crippen molar-refractivity contribution in [3.8, 4) is 5.75 Å². The lowest BCUT2D eigenvalue weighted by Crippen LogP contribution is -2.53. The first-order valence-electron chi connectivity index (χ1n) is 9.32. The van der Waals surface area contributed by atoms with Gasteiger partial charge in [-0.1, -0.05) is 6.07 Å². The number of carbonyl (C=O) groups is 1. The number of likely N-dealkylation sites (tertiary alicyclic amines) is 1. The van der Waals surface area contributed by atoms with Crippen LogP contribution >= 0.6 is 0 Å². The van der Waals surface area contributed by atoms with Crippen molar-refractivity contribution in [2.45, 2.75) is 71.1 Å². The van der Waals surface area contributed by atoms with Crippen molar-refractivity contribution in [1.29, 1.82) is 0 Å². The Hall–Kier alpha value is -1.96. The van der Waals surface area contributed by atoms with E-state index in [0.29, 0.717) is 13.0 Å². The molecule has 0 bridgehead atoms. The molecule has 0 spiro atoms. The Bertz CT molecular complexity index is 670. The summed E-state index contributed by atoms with van der Waals surface area (Å²) in [6.07, 6.45) is -5.53. The van der Waals surface area contributed by atoms with Gasteiger partial charge in [0.2, 0.25) is 0 Å². The van der Waals surface area contributed by atoms with Gasteiger partial charge in [0.05, 0.1) is 18.2 Å². The monoisotopic (exact) mass is 403 g/mol. The first kappa shape index (κ1) is 22.3. The van der Waals surface area contributed by atoms with Crippen LogP contribution < -0.4 is 4.74 Å². The number of alkyl halides is 3. The SMILES string of the molecule is CC(C)OC1CN(C(=O)OC(C)(C)C)CCC1Oc1cccc(C(F)(F)F)c1. The van der Waals surface area contributed by atoms with Gasteiger partial charge in [-0.3, -0.25) is 0 Å². The lowest BCUT2D eigenvalue weighted by Gasteiger charge is -2.39. The van der Waals surface area contributed by atoms with Crippen molar-refractivity contribution >= 4 is 6.09 Å². The first-order valence-corrected chi connectivity index (χ1v) is 9.32. The first-order chi connectivity index (χ1) is 12.8. The molecule has 0 N–H and O–H groups in total. The molecule has 1 heterocycles. The third-order valence-corrected chi connectivity index (χ3v) is 4.05. The highest BCUT2D eigenvalue weighted by Gasteiger charge is 2.36. The van der Waals surface area contributed by atoms with Gasteiger partial charge in [-0.05, 0) is 52.8 Å². The third kappa shape index (κ3) is 6.58. The number of hydrogen-bond donors (Lipinski definition) is 0. The zero-order valence-corrected chi connectivity index (χ0v) is 16.9. The van der Waals surface area contributed by atoms with Crippen LogP contribution in [0.1, 0.15) is 46.6 Å². The van der Waals surface area contributed by atoms with Crippen LogP contribution in [0.15, 0.2) is 24.3 Å². The molecular formula is C20H28F3NO4. The smallest absolute Gasteiger partial charge is 0.416 e. The van der Waals surface area contributed by atoms with E-state index in [4.69, 9.17) is 14.2 Å². The van der Waals surface area contributed by atoms with Crippen molar-refractivity contribution in [2.24, 2.45) is 0 Å². The summed E-state index contributed by atoms with van der Waals surface area (Å²) in [5, 5.41) is 0. The van der Waals surface area contributed by atoms with Gasteiger partial charge < -0.3 is 19.1 Å². The average Bonchev–Trinajstić information content (AvgIpc) is 2.54. The Morgan fingerprint density at radius 3 is 2.43 bits per heavy atom. The Morgan fingerprint density at radius 1 is 1.18 bits per heavy atom. The van der Waals surface area contributed by atoms with Crippen LogP contribution in [0, 0.1) is 0 Å². The molecule has 2 atom stereocenters.